The van der Waals surface area contributed by atoms with Gasteiger partial charge in [0.25, 0.3) is 0 Å². The first kappa shape index (κ1) is 13.5. The third kappa shape index (κ3) is 4.44. The Balaban J connectivity index is 2.40. The van der Waals surface area contributed by atoms with Crippen LogP contribution >= 0.6 is 15.9 Å². The van der Waals surface area contributed by atoms with Crippen molar-refractivity contribution in [2.45, 2.75) is 58.4 Å². The fourth-order valence-electron chi connectivity index (χ4n) is 2.68. The molecule has 0 N–H and O–H groups in total. The zero-order chi connectivity index (χ0) is 11.1. The summed E-state index contributed by atoms with van der Waals surface area (Å²) >= 11 is 3.59. The van der Waals surface area contributed by atoms with E-state index in [9.17, 15) is 0 Å². The summed E-state index contributed by atoms with van der Waals surface area (Å²) in [4.78, 5) is 2.74. The fraction of sp³-hybridized carbons (Fsp3) is 1.00. The smallest absolute Gasteiger partial charge is 0.0159 e. The Kier molecular flexibility index (Phi) is 6.91. The second kappa shape index (κ2) is 7.67. The lowest BCUT2D eigenvalue weighted by Crippen LogP contribution is -2.38. The van der Waals surface area contributed by atoms with Crippen LogP contribution in [0.2, 0.25) is 0 Å². The Labute approximate surface area is 104 Å². The third-order valence-electron chi connectivity index (χ3n) is 3.86. The standard InChI is InChI=1S/C13H26BrN/c1-3-12(4-2)11-15(10-9-14)13-7-5-6-8-13/h12-13H,3-11H2,1-2H3. The van der Waals surface area contributed by atoms with Crippen molar-refractivity contribution in [1.29, 1.82) is 0 Å². The van der Waals surface area contributed by atoms with Gasteiger partial charge in [0.1, 0.15) is 0 Å². The number of alkyl halides is 1. The summed E-state index contributed by atoms with van der Waals surface area (Å²) in [6.45, 7) is 7.22. The number of rotatable bonds is 7. The highest BCUT2D eigenvalue weighted by Gasteiger charge is 2.23. The van der Waals surface area contributed by atoms with E-state index in [-0.39, 0.29) is 0 Å². The van der Waals surface area contributed by atoms with E-state index in [0.29, 0.717) is 0 Å². The maximum atomic E-state index is 3.59. The second-order valence-corrected chi connectivity index (χ2v) is 5.60. The molecule has 0 heterocycles. The highest BCUT2D eigenvalue weighted by Crippen LogP contribution is 2.25. The van der Waals surface area contributed by atoms with Crippen LogP contribution in [0.3, 0.4) is 0 Å². The predicted octanol–water partition coefficient (Wildman–Crippen LogP) is 4.06. The first-order chi connectivity index (χ1) is 7.31. The van der Waals surface area contributed by atoms with Crippen molar-refractivity contribution in [2.24, 2.45) is 5.92 Å². The molecule has 2 heteroatoms. The number of nitrogens with zero attached hydrogens (tertiary/aromatic N) is 1. The van der Waals surface area contributed by atoms with Crippen LogP contribution in [0.25, 0.3) is 0 Å². The van der Waals surface area contributed by atoms with Crippen LogP contribution in [-0.4, -0.2) is 29.4 Å². The van der Waals surface area contributed by atoms with E-state index in [1.165, 1.54) is 51.6 Å². The predicted molar refractivity (Wildman–Crippen MR) is 71.7 cm³/mol. The number of halogens is 1. The number of hydrogen-bond acceptors (Lipinski definition) is 1. The molecule has 0 saturated heterocycles. The van der Waals surface area contributed by atoms with E-state index in [1.54, 1.807) is 0 Å². The molecule has 1 rings (SSSR count). The normalized spacial score (nSPS) is 18.2. The Hall–Kier alpha value is 0.440. The van der Waals surface area contributed by atoms with Crippen molar-refractivity contribution < 1.29 is 0 Å². The van der Waals surface area contributed by atoms with Gasteiger partial charge in [-0.05, 0) is 18.8 Å². The largest absolute Gasteiger partial charge is 0.299 e. The first-order valence-electron chi connectivity index (χ1n) is 6.61. The molecule has 0 spiro atoms. The van der Waals surface area contributed by atoms with Crippen LogP contribution in [-0.2, 0) is 0 Å². The molecule has 0 aromatic carbocycles. The van der Waals surface area contributed by atoms with Crippen molar-refractivity contribution in [3.05, 3.63) is 0 Å². The lowest BCUT2D eigenvalue weighted by atomic mass is 10.0. The molecular formula is C13H26BrN. The maximum absolute atomic E-state index is 3.59. The minimum Gasteiger partial charge on any atom is -0.299 e. The quantitative estimate of drug-likeness (QED) is 0.634. The third-order valence-corrected chi connectivity index (χ3v) is 4.21. The van der Waals surface area contributed by atoms with Crippen LogP contribution in [0.15, 0.2) is 0 Å². The van der Waals surface area contributed by atoms with Crippen molar-refractivity contribution in [2.75, 3.05) is 18.4 Å². The van der Waals surface area contributed by atoms with Gasteiger partial charge in [0.2, 0.25) is 0 Å². The van der Waals surface area contributed by atoms with E-state index < -0.39 is 0 Å². The molecule has 1 saturated carbocycles. The van der Waals surface area contributed by atoms with Gasteiger partial charge < -0.3 is 0 Å². The summed E-state index contributed by atoms with van der Waals surface area (Å²) in [5.41, 5.74) is 0. The lowest BCUT2D eigenvalue weighted by molar-refractivity contribution is 0.174. The van der Waals surface area contributed by atoms with Gasteiger partial charge in [-0.15, -0.1) is 0 Å². The summed E-state index contributed by atoms with van der Waals surface area (Å²) in [6, 6.07) is 0.892. The van der Waals surface area contributed by atoms with Crippen molar-refractivity contribution in [3.8, 4) is 0 Å². The average Bonchev–Trinajstić information content (AvgIpc) is 2.77. The van der Waals surface area contributed by atoms with Gasteiger partial charge in [-0.2, -0.15) is 0 Å². The molecule has 0 aromatic rings. The summed E-state index contributed by atoms with van der Waals surface area (Å²) in [5.74, 6) is 0.907. The topological polar surface area (TPSA) is 3.24 Å². The summed E-state index contributed by atoms with van der Waals surface area (Å²) in [6.07, 6.45) is 8.45. The van der Waals surface area contributed by atoms with Gasteiger partial charge in [0.05, 0.1) is 0 Å². The molecule has 0 unspecified atom stereocenters. The highest BCUT2D eigenvalue weighted by atomic mass is 79.9. The molecule has 0 aromatic heterocycles. The summed E-state index contributed by atoms with van der Waals surface area (Å²) in [5, 5.41) is 1.13. The molecular weight excluding hydrogens is 250 g/mol. The van der Waals surface area contributed by atoms with Crippen LogP contribution in [0.5, 0.6) is 0 Å². The van der Waals surface area contributed by atoms with Crippen LogP contribution in [0, 0.1) is 5.92 Å². The van der Waals surface area contributed by atoms with E-state index >= 15 is 0 Å². The molecule has 0 radical (unpaired) electrons. The Bertz CT molecular complexity index is 151. The monoisotopic (exact) mass is 275 g/mol. The van der Waals surface area contributed by atoms with E-state index in [1.807, 2.05) is 0 Å². The summed E-state index contributed by atoms with van der Waals surface area (Å²) < 4.78 is 0. The summed E-state index contributed by atoms with van der Waals surface area (Å²) in [7, 11) is 0. The van der Waals surface area contributed by atoms with Crippen LogP contribution in [0.4, 0.5) is 0 Å². The fourth-order valence-corrected chi connectivity index (χ4v) is 3.13. The second-order valence-electron chi connectivity index (χ2n) is 4.80. The molecule has 1 aliphatic rings. The van der Waals surface area contributed by atoms with E-state index in [4.69, 9.17) is 0 Å². The van der Waals surface area contributed by atoms with Gasteiger partial charge in [-0.3, -0.25) is 4.90 Å². The number of hydrogen-bond donors (Lipinski definition) is 0. The zero-order valence-electron chi connectivity index (χ0n) is 10.3. The Morgan fingerprint density at radius 3 is 2.27 bits per heavy atom. The highest BCUT2D eigenvalue weighted by molar-refractivity contribution is 9.09. The minimum atomic E-state index is 0.892. The van der Waals surface area contributed by atoms with Crippen molar-refractivity contribution >= 4 is 15.9 Å². The average molecular weight is 276 g/mol. The SMILES string of the molecule is CCC(CC)CN(CCBr)C1CCCC1. The van der Waals surface area contributed by atoms with Gasteiger partial charge in [-0.1, -0.05) is 55.5 Å². The molecule has 0 aliphatic heterocycles. The van der Waals surface area contributed by atoms with Gasteiger partial charge in [-0.25, -0.2) is 0 Å². The Morgan fingerprint density at radius 1 is 1.20 bits per heavy atom. The molecule has 1 aliphatic carbocycles. The van der Waals surface area contributed by atoms with Crippen LogP contribution < -0.4 is 0 Å². The molecule has 0 bridgehead atoms. The van der Waals surface area contributed by atoms with Crippen molar-refractivity contribution in [1.82, 2.24) is 4.90 Å². The molecule has 1 nitrogen and oxygen atoms in total. The van der Waals surface area contributed by atoms with Gasteiger partial charge >= 0.3 is 0 Å². The first-order valence-corrected chi connectivity index (χ1v) is 7.73. The van der Waals surface area contributed by atoms with Crippen molar-refractivity contribution in [3.63, 3.8) is 0 Å². The molecule has 0 amide bonds. The molecule has 1 fully saturated rings. The van der Waals surface area contributed by atoms with E-state index in [2.05, 4.69) is 34.7 Å². The van der Waals surface area contributed by atoms with Gasteiger partial charge in [0, 0.05) is 24.5 Å². The maximum Gasteiger partial charge on any atom is 0.0159 e. The molecule has 90 valence electrons. The van der Waals surface area contributed by atoms with Gasteiger partial charge in [0.15, 0.2) is 0 Å². The molecule has 0 atom stereocenters. The van der Waals surface area contributed by atoms with E-state index in [0.717, 1.165) is 17.3 Å². The lowest BCUT2D eigenvalue weighted by Gasteiger charge is -2.31. The Morgan fingerprint density at radius 2 is 1.80 bits per heavy atom. The minimum absolute atomic E-state index is 0.892. The molecule has 15 heavy (non-hydrogen) atoms. The zero-order valence-corrected chi connectivity index (χ0v) is 11.9. The van der Waals surface area contributed by atoms with Crippen LogP contribution in [0.1, 0.15) is 52.4 Å².